The zero-order valence-electron chi connectivity index (χ0n) is 10.5. The first kappa shape index (κ1) is 13.8. The van der Waals surface area contributed by atoms with Crippen LogP contribution in [0.25, 0.3) is 0 Å². The van der Waals surface area contributed by atoms with Crippen molar-refractivity contribution in [2.45, 2.75) is 25.7 Å². The van der Waals surface area contributed by atoms with E-state index in [9.17, 15) is 4.79 Å². The van der Waals surface area contributed by atoms with E-state index >= 15 is 0 Å². The van der Waals surface area contributed by atoms with Gasteiger partial charge in [0, 0.05) is 6.54 Å². The summed E-state index contributed by atoms with van der Waals surface area (Å²) in [6.45, 7) is 0.503. The van der Waals surface area contributed by atoms with E-state index in [4.69, 9.17) is 21.4 Å². The molecule has 0 unspecified atom stereocenters. The van der Waals surface area contributed by atoms with Gasteiger partial charge in [-0.2, -0.15) is 15.0 Å². The molecule has 1 fully saturated rings. The second-order valence-corrected chi connectivity index (χ2v) is 5.03. The minimum Gasteiger partial charge on any atom is -0.481 e. The highest BCUT2D eigenvalue weighted by Crippen LogP contribution is 2.43. The topological polar surface area (TPSA) is 97.2 Å². The molecule has 1 aromatic rings. The molecule has 2 rings (SSSR count). The largest absolute Gasteiger partial charge is 0.481 e. The van der Waals surface area contributed by atoms with Crippen LogP contribution in [0.1, 0.15) is 25.7 Å². The summed E-state index contributed by atoms with van der Waals surface area (Å²) in [5.41, 5.74) is -0.210. The highest BCUT2D eigenvalue weighted by molar-refractivity contribution is 6.28. The van der Waals surface area contributed by atoms with E-state index in [2.05, 4.69) is 20.3 Å². The van der Waals surface area contributed by atoms with Crippen LogP contribution in [0.3, 0.4) is 0 Å². The average molecular weight is 287 g/mol. The van der Waals surface area contributed by atoms with Crippen LogP contribution in [0.2, 0.25) is 5.28 Å². The first-order valence-electron chi connectivity index (χ1n) is 5.94. The molecule has 19 heavy (non-hydrogen) atoms. The monoisotopic (exact) mass is 286 g/mol. The molecule has 2 N–H and O–H groups in total. The van der Waals surface area contributed by atoms with E-state index in [0.29, 0.717) is 12.5 Å². The molecule has 0 radical (unpaired) electrons. The number of nitrogens with zero attached hydrogens (tertiary/aromatic N) is 3. The van der Waals surface area contributed by atoms with Gasteiger partial charge in [-0.15, -0.1) is 0 Å². The number of rotatable bonds is 6. The van der Waals surface area contributed by atoms with E-state index < -0.39 is 5.97 Å². The summed E-state index contributed by atoms with van der Waals surface area (Å²) in [5, 5.41) is 12.0. The Balaban J connectivity index is 2.01. The van der Waals surface area contributed by atoms with Gasteiger partial charge in [0.05, 0.1) is 13.5 Å². The van der Waals surface area contributed by atoms with Crippen LogP contribution >= 0.6 is 11.6 Å². The number of hydrogen-bond acceptors (Lipinski definition) is 6. The van der Waals surface area contributed by atoms with Crippen LogP contribution in [0, 0.1) is 5.41 Å². The van der Waals surface area contributed by atoms with Gasteiger partial charge in [0.15, 0.2) is 0 Å². The predicted octanol–water partition coefficient (Wildman–Crippen LogP) is 1.59. The van der Waals surface area contributed by atoms with Crippen LogP contribution in [0.4, 0.5) is 5.95 Å². The Bertz CT molecular complexity index is 479. The summed E-state index contributed by atoms with van der Waals surface area (Å²) in [6, 6.07) is 0.128. The summed E-state index contributed by atoms with van der Waals surface area (Å²) in [4.78, 5) is 22.6. The molecule has 1 saturated carbocycles. The van der Waals surface area contributed by atoms with Gasteiger partial charge in [-0.05, 0) is 29.9 Å². The van der Waals surface area contributed by atoms with Crippen LogP contribution in [0.5, 0.6) is 6.01 Å². The van der Waals surface area contributed by atoms with Gasteiger partial charge in [-0.1, -0.05) is 6.42 Å². The predicted molar refractivity (Wildman–Crippen MR) is 68.4 cm³/mol. The minimum atomic E-state index is -0.784. The second kappa shape index (κ2) is 5.56. The number of aliphatic carboxylic acids is 1. The summed E-state index contributed by atoms with van der Waals surface area (Å²) < 4.78 is 4.89. The fraction of sp³-hybridized carbons (Fsp3) is 0.636. The number of ether oxygens (including phenoxy) is 1. The minimum absolute atomic E-state index is 0.0373. The van der Waals surface area contributed by atoms with E-state index in [0.717, 1.165) is 19.3 Å². The van der Waals surface area contributed by atoms with Crippen molar-refractivity contribution in [3.05, 3.63) is 5.28 Å². The number of halogens is 1. The Morgan fingerprint density at radius 2 is 2.21 bits per heavy atom. The Kier molecular flexibility index (Phi) is 4.04. The van der Waals surface area contributed by atoms with Gasteiger partial charge in [0.25, 0.3) is 0 Å². The van der Waals surface area contributed by atoms with Crippen LogP contribution in [-0.4, -0.2) is 39.7 Å². The fourth-order valence-electron chi connectivity index (χ4n) is 2.18. The van der Waals surface area contributed by atoms with Gasteiger partial charge in [-0.3, -0.25) is 4.79 Å². The molecule has 0 aromatic carbocycles. The number of carboxylic acid groups (broad SMARTS) is 1. The molecule has 7 nitrogen and oxygen atoms in total. The molecule has 0 amide bonds. The smallest absolute Gasteiger partial charge is 0.322 e. The Hall–Kier alpha value is -1.63. The maximum absolute atomic E-state index is 10.9. The lowest BCUT2D eigenvalue weighted by atomic mass is 9.66. The lowest BCUT2D eigenvalue weighted by Crippen LogP contribution is -2.38. The van der Waals surface area contributed by atoms with Crippen LogP contribution in [-0.2, 0) is 4.79 Å². The lowest BCUT2D eigenvalue weighted by Gasteiger charge is -2.40. The molecule has 0 atom stereocenters. The first-order chi connectivity index (χ1) is 9.03. The van der Waals surface area contributed by atoms with Crippen LogP contribution < -0.4 is 10.1 Å². The zero-order valence-corrected chi connectivity index (χ0v) is 11.3. The second-order valence-electron chi connectivity index (χ2n) is 4.69. The number of carbonyl (C=O) groups is 1. The van der Waals surface area contributed by atoms with Crippen molar-refractivity contribution in [1.82, 2.24) is 15.0 Å². The lowest BCUT2D eigenvalue weighted by molar-refractivity contribution is -0.141. The Labute approximate surface area is 115 Å². The quantitative estimate of drug-likeness (QED) is 0.819. The standard InChI is InChI=1S/C11H15ClN4O3/c1-19-10-15-8(12)14-9(16-10)13-6-11(3-2-4-11)5-7(17)18/h2-6H2,1H3,(H,17,18)(H,13,14,15,16). The highest BCUT2D eigenvalue weighted by Gasteiger charge is 2.39. The molecule has 1 aliphatic rings. The molecule has 0 bridgehead atoms. The van der Waals surface area contributed by atoms with Gasteiger partial charge in [0.1, 0.15) is 0 Å². The summed E-state index contributed by atoms with van der Waals surface area (Å²) in [6.07, 6.45) is 2.98. The number of aromatic nitrogens is 3. The number of carboxylic acids is 1. The first-order valence-corrected chi connectivity index (χ1v) is 6.32. The van der Waals surface area contributed by atoms with Crippen molar-refractivity contribution < 1.29 is 14.6 Å². The number of anilines is 1. The molecular weight excluding hydrogens is 272 g/mol. The Morgan fingerprint density at radius 1 is 1.47 bits per heavy atom. The van der Waals surface area contributed by atoms with Crippen molar-refractivity contribution in [2.24, 2.45) is 5.41 Å². The molecule has 1 aliphatic carbocycles. The third kappa shape index (κ3) is 3.44. The maximum Gasteiger partial charge on any atom is 0.322 e. The van der Waals surface area contributed by atoms with Gasteiger partial charge in [0.2, 0.25) is 11.2 Å². The van der Waals surface area contributed by atoms with Crippen molar-refractivity contribution in [3.63, 3.8) is 0 Å². The third-order valence-electron chi connectivity index (χ3n) is 3.33. The molecule has 0 spiro atoms. The average Bonchev–Trinajstić information content (AvgIpc) is 2.31. The van der Waals surface area contributed by atoms with Crippen molar-refractivity contribution in [2.75, 3.05) is 19.0 Å². The molecule has 8 heteroatoms. The van der Waals surface area contributed by atoms with E-state index in [1.165, 1.54) is 7.11 Å². The number of nitrogens with one attached hydrogen (secondary N) is 1. The Morgan fingerprint density at radius 3 is 2.74 bits per heavy atom. The molecule has 1 heterocycles. The van der Waals surface area contributed by atoms with Crippen LogP contribution in [0.15, 0.2) is 0 Å². The summed E-state index contributed by atoms with van der Waals surface area (Å²) >= 11 is 5.73. The normalized spacial score (nSPS) is 16.5. The van der Waals surface area contributed by atoms with Gasteiger partial charge < -0.3 is 15.2 Å². The van der Waals surface area contributed by atoms with Crippen molar-refractivity contribution >= 4 is 23.5 Å². The van der Waals surface area contributed by atoms with Gasteiger partial charge >= 0.3 is 12.0 Å². The highest BCUT2D eigenvalue weighted by atomic mass is 35.5. The molecule has 1 aromatic heterocycles. The summed E-state index contributed by atoms with van der Waals surface area (Å²) in [5.74, 6) is -0.485. The number of methoxy groups -OCH3 is 1. The van der Waals surface area contributed by atoms with E-state index in [-0.39, 0.29) is 23.1 Å². The van der Waals surface area contributed by atoms with Crippen molar-refractivity contribution in [1.29, 1.82) is 0 Å². The van der Waals surface area contributed by atoms with Gasteiger partial charge in [-0.25, -0.2) is 0 Å². The zero-order chi connectivity index (χ0) is 13.9. The fourth-order valence-corrected chi connectivity index (χ4v) is 2.33. The molecular formula is C11H15ClN4O3. The van der Waals surface area contributed by atoms with E-state index in [1.54, 1.807) is 0 Å². The summed E-state index contributed by atoms with van der Waals surface area (Å²) in [7, 11) is 1.44. The SMILES string of the molecule is COc1nc(Cl)nc(NCC2(CC(=O)O)CCC2)n1. The number of hydrogen-bond donors (Lipinski definition) is 2. The maximum atomic E-state index is 10.9. The molecule has 104 valence electrons. The molecule has 0 aliphatic heterocycles. The third-order valence-corrected chi connectivity index (χ3v) is 3.50. The van der Waals surface area contributed by atoms with Crippen molar-refractivity contribution in [3.8, 4) is 6.01 Å². The van der Waals surface area contributed by atoms with E-state index in [1.807, 2.05) is 0 Å². The molecule has 0 saturated heterocycles.